The van der Waals surface area contributed by atoms with Gasteiger partial charge in [-0.15, -0.1) is 0 Å². The number of fused-ring (bicyclic) bond motifs is 1. The van der Waals surface area contributed by atoms with E-state index >= 15 is 0 Å². The average molecular weight is 247 g/mol. The summed E-state index contributed by atoms with van der Waals surface area (Å²) in [7, 11) is 0. The predicted octanol–water partition coefficient (Wildman–Crippen LogP) is 3.79. The molecule has 0 amide bonds. The summed E-state index contributed by atoms with van der Waals surface area (Å²) in [5, 5.41) is 0.770. The fourth-order valence-corrected chi connectivity index (χ4v) is 2.47. The Morgan fingerprint density at radius 3 is 2.82 bits per heavy atom. The molecule has 2 nitrogen and oxygen atoms in total. The predicted molar refractivity (Wildman–Crippen MR) is 70.2 cm³/mol. The maximum Gasteiger partial charge on any atom is 0.109 e. The first-order valence-electron chi connectivity index (χ1n) is 6.04. The van der Waals surface area contributed by atoms with Crippen molar-refractivity contribution in [3.05, 3.63) is 41.3 Å². The molecule has 0 saturated carbocycles. The summed E-state index contributed by atoms with van der Waals surface area (Å²) in [6.45, 7) is 3.39. The Morgan fingerprint density at radius 2 is 2.06 bits per heavy atom. The second-order valence-electron chi connectivity index (χ2n) is 4.84. The second kappa shape index (κ2) is 4.19. The van der Waals surface area contributed by atoms with E-state index in [1.54, 1.807) is 0 Å². The zero-order valence-electron chi connectivity index (χ0n) is 9.86. The number of aromatic nitrogens is 2. The number of hydrogen-bond donors (Lipinski definition) is 0. The third-order valence-electron chi connectivity index (χ3n) is 3.39. The Hall–Kier alpha value is -1.28. The van der Waals surface area contributed by atoms with Gasteiger partial charge in [0, 0.05) is 29.7 Å². The summed E-state index contributed by atoms with van der Waals surface area (Å²) >= 11 is 5.89. The molecular formula is C14H15ClN2. The molecule has 17 heavy (non-hydrogen) atoms. The topological polar surface area (TPSA) is 17.8 Å². The number of rotatable bonds is 1. The number of aryl methyl sites for hydroxylation is 1. The average Bonchev–Trinajstić information content (AvgIpc) is 2.72. The van der Waals surface area contributed by atoms with Crippen LogP contribution >= 0.6 is 11.6 Å². The van der Waals surface area contributed by atoms with Gasteiger partial charge in [-0.1, -0.05) is 30.7 Å². The third-order valence-corrected chi connectivity index (χ3v) is 3.64. The van der Waals surface area contributed by atoms with Crippen LogP contribution in [0.1, 0.15) is 19.2 Å². The van der Waals surface area contributed by atoms with Crippen molar-refractivity contribution in [1.82, 2.24) is 9.55 Å². The van der Waals surface area contributed by atoms with Crippen molar-refractivity contribution in [3.8, 4) is 11.3 Å². The lowest BCUT2D eigenvalue weighted by Crippen LogP contribution is -2.16. The van der Waals surface area contributed by atoms with Crippen molar-refractivity contribution < 1.29 is 0 Å². The Kier molecular flexibility index (Phi) is 2.67. The van der Waals surface area contributed by atoms with E-state index in [9.17, 15) is 0 Å². The van der Waals surface area contributed by atoms with Crippen molar-refractivity contribution in [2.75, 3.05) is 0 Å². The highest BCUT2D eigenvalue weighted by molar-refractivity contribution is 6.30. The number of halogens is 1. The molecule has 0 bridgehead atoms. The lowest BCUT2D eigenvalue weighted by Gasteiger charge is -2.18. The van der Waals surface area contributed by atoms with Crippen molar-refractivity contribution in [1.29, 1.82) is 0 Å². The molecule has 2 heterocycles. The smallest absolute Gasteiger partial charge is 0.109 e. The first-order valence-corrected chi connectivity index (χ1v) is 6.42. The van der Waals surface area contributed by atoms with Gasteiger partial charge in [0.05, 0.1) is 5.69 Å². The summed E-state index contributed by atoms with van der Waals surface area (Å²) in [6, 6.07) is 7.88. The van der Waals surface area contributed by atoms with Gasteiger partial charge in [0.1, 0.15) is 5.82 Å². The van der Waals surface area contributed by atoms with Gasteiger partial charge in [0.2, 0.25) is 0 Å². The Bertz CT molecular complexity index is 528. The van der Waals surface area contributed by atoms with E-state index in [4.69, 9.17) is 16.6 Å². The number of hydrogen-bond acceptors (Lipinski definition) is 1. The summed E-state index contributed by atoms with van der Waals surface area (Å²) in [5.74, 6) is 1.97. The fraction of sp³-hybridized carbons (Fsp3) is 0.357. The summed E-state index contributed by atoms with van der Waals surface area (Å²) in [6.07, 6.45) is 4.50. The molecule has 0 N–H and O–H groups in total. The Labute approximate surface area is 106 Å². The van der Waals surface area contributed by atoms with E-state index in [0.29, 0.717) is 0 Å². The summed E-state index contributed by atoms with van der Waals surface area (Å²) < 4.78 is 2.28. The molecule has 0 saturated heterocycles. The zero-order chi connectivity index (χ0) is 11.8. The maximum absolute atomic E-state index is 5.89. The highest BCUT2D eigenvalue weighted by Gasteiger charge is 2.17. The van der Waals surface area contributed by atoms with Gasteiger partial charge >= 0.3 is 0 Å². The SMILES string of the molecule is C[C@@H]1CCn2cc(-c3ccc(Cl)cc3)nc2C1. The maximum atomic E-state index is 5.89. The fourth-order valence-electron chi connectivity index (χ4n) is 2.34. The van der Waals surface area contributed by atoms with E-state index in [1.807, 2.05) is 24.3 Å². The van der Waals surface area contributed by atoms with Crippen molar-refractivity contribution in [2.24, 2.45) is 5.92 Å². The first kappa shape index (κ1) is 10.8. The molecule has 1 aromatic heterocycles. The van der Waals surface area contributed by atoms with E-state index in [-0.39, 0.29) is 0 Å². The lowest BCUT2D eigenvalue weighted by atomic mass is 10.0. The number of imidazole rings is 1. The normalized spacial score (nSPS) is 19.1. The molecule has 0 unspecified atom stereocenters. The van der Waals surface area contributed by atoms with Crippen LogP contribution in [-0.4, -0.2) is 9.55 Å². The molecule has 1 aliphatic rings. The van der Waals surface area contributed by atoms with Crippen LogP contribution in [0.5, 0.6) is 0 Å². The monoisotopic (exact) mass is 246 g/mol. The van der Waals surface area contributed by atoms with Crippen molar-refractivity contribution in [3.63, 3.8) is 0 Å². The molecular weight excluding hydrogens is 232 g/mol. The van der Waals surface area contributed by atoms with Crippen molar-refractivity contribution in [2.45, 2.75) is 26.3 Å². The molecule has 88 valence electrons. The Balaban J connectivity index is 1.97. The minimum Gasteiger partial charge on any atom is -0.334 e. The minimum absolute atomic E-state index is 0.753. The standard InChI is InChI=1S/C14H15ClN2/c1-10-6-7-17-9-13(16-14(17)8-10)11-2-4-12(15)5-3-11/h2-5,9-10H,6-8H2,1H3/t10-/m1/s1. The summed E-state index contributed by atoms with van der Waals surface area (Å²) in [4.78, 5) is 4.72. The largest absolute Gasteiger partial charge is 0.334 e. The molecule has 0 fully saturated rings. The van der Waals surface area contributed by atoms with Gasteiger partial charge in [-0.05, 0) is 24.5 Å². The van der Waals surface area contributed by atoms with E-state index in [0.717, 1.165) is 35.2 Å². The van der Waals surface area contributed by atoms with Crippen LogP contribution in [0.4, 0.5) is 0 Å². The Morgan fingerprint density at radius 1 is 1.29 bits per heavy atom. The molecule has 2 aromatic rings. The summed E-state index contributed by atoms with van der Waals surface area (Å²) in [5.41, 5.74) is 2.20. The van der Waals surface area contributed by atoms with E-state index in [2.05, 4.69) is 17.7 Å². The van der Waals surface area contributed by atoms with Crippen LogP contribution in [-0.2, 0) is 13.0 Å². The van der Waals surface area contributed by atoms with Crippen LogP contribution < -0.4 is 0 Å². The van der Waals surface area contributed by atoms with Crippen LogP contribution in [0.15, 0.2) is 30.5 Å². The molecule has 3 heteroatoms. The highest BCUT2D eigenvalue weighted by atomic mass is 35.5. The quantitative estimate of drug-likeness (QED) is 0.749. The zero-order valence-corrected chi connectivity index (χ0v) is 10.6. The second-order valence-corrected chi connectivity index (χ2v) is 5.28. The van der Waals surface area contributed by atoms with Crippen LogP contribution in [0.2, 0.25) is 5.02 Å². The number of benzene rings is 1. The first-order chi connectivity index (χ1) is 8.22. The van der Waals surface area contributed by atoms with Gasteiger partial charge < -0.3 is 4.57 Å². The van der Waals surface area contributed by atoms with Crippen LogP contribution in [0.3, 0.4) is 0 Å². The molecule has 0 aliphatic carbocycles. The lowest BCUT2D eigenvalue weighted by molar-refractivity contribution is 0.409. The van der Waals surface area contributed by atoms with Gasteiger partial charge in [0.15, 0.2) is 0 Å². The van der Waals surface area contributed by atoms with Crippen LogP contribution in [0.25, 0.3) is 11.3 Å². The molecule has 1 aromatic carbocycles. The minimum atomic E-state index is 0.753. The van der Waals surface area contributed by atoms with Gasteiger partial charge in [-0.25, -0.2) is 4.98 Å². The molecule has 3 rings (SSSR count). The highest BCUT2D eigenvalue weighted by Crippen LogP contribution is 2.25. The number of nitrogens with zero attached hydrogens (tertiary/aromatic N) is 2. The molecule has 0 radical (unpaired) electrons. The third kappa shape index (κ3) is 2.09. The molecule has 0 spiro atoms. The van der Waals surface area contributed by atoms with E-state index in [1.165, 1.54) is 12.2 Å². The van der Waals surface area contributed by atoms with Gasteiger partial charge in [-0.3, -0.25) is 0 Å². The molecule has 1 atom stereocenters. The van der Waals surface area contributed by atoms with Crippen molar-refractivity contribution >= 4 is 11.6 Å². The molecule has 1 aliphatic heterocycles. The van der Waals surface area contributed by atoms with Crippen LogP contribution in [0, 0.1) is 5.92 Å². The van der Waals surface area contributed by atoms with Gasteiger partial charge in [-0.2, -0.15) is 0 Å². The van der Waals surface area contributed by atoms with Gasteiger partial charge in [0.25, 0.3) is 0 Å². The van der Waals surface area contributed by atoms with E-state index < -0.39 is 0 Å².